The van der Waals surface area contributed by atoms with Crippen LogP contribution in [-0.2, 0) is 0 Å². The average Bonchev–Trinajstić information content (AvgIpc) is 2.58. The quantitative estimate of drug-likeness (QED) is 0.897. The first-order valence-corrected chi connectivity index (χ1v) is 8.37. The van der Waals surface area contributed by atoms with E-state index in [1.54, 1.807) is 6.20 Å². The lowest BCUT2D eigenvalue weighted by Crippen LogP contribution is -2.44. The van der Waals surface area contributed by atoms with Gasteiger partial charge in [0.1, 0.15) is 0 Å². The molecule has 2 heterocycles. The number of hydrogen-bond acceptors (Lipinski definition) is 4. The van der Waals surface area contributed by atoms with E-state index in [9.17, 15) is 4.79 Å². The molecular weight excluding hydrogens is 356 g/mol. The van der Waals surface area contributed by atoms with Crippen molar-refractivity contribution < 1.29 is 4.79 Å². The number of carbonyl (C=O) groups is 1. The Morgan fingerprint density at radius 2 is 1.91 bits per heavy atom. The minimum Gasteiger partial charge on any atom is -0.368 e. The smallest absolute Gasteiger partial charge is 0.257 e. The van der Waals surface area contributed by atoms with Crippen LogP contribution in [0.25, 0.3) is 0 Å². The maximum atomic E-state index is 12.5. The van der Waals surface area contributed by atoms with E-state index >= 15 is 0 Å². The van der Waals surface area contributed by atoms with Crippen LogP contribution in [0, 0.1) is 0 Å². The first-order chi connectivity index (χ1) is 11.1. The molecule has 1 aromatic carbocycles. The molecule has 2 aromatic rings. The predicted molar refractivity (Wildman–Crippen MR) is 96.0 cm³/mol. The summed E-state index contributed by atoms with van der Waals surface area (Å²) in [6, 6.07) is 9.47. The molecule has 1 N–H and O–H groups in total. The highest BCUT2D eigenvalue weighted by Gasteiger charge is 2.16. The van der Waals surface area contributed by atoms with Gasteiger partial charge in [-0.25, -0.2) is 0 Å². The average molecular weight is 375 g/mol. The second-order valence-corrected chi connectivity index (χ2v) is 6.51. The fourth-order valence-electron chi connectivity index (χ4n) is 2.55. The number of likely N-dealkylation sites (N-methyl/N-ethyl adjacent to an activating group) is 1. The Bertz CT molecular complexity index is 698. The lowest BCUT2D eigenvalue weighted by molar-refractivity contribution is 0.102. The molecule has 0 spiro atoms. The predicted octanol–water partition coefficient (Wildman–Crippen LogP) is 2.85. The van der Waals surface area contributed by atoms with Crippen molar-refractivity contribution in [2.24, 2.45) is 0 Å². The van der Waals surface area contributed by atoms with E-state index < -0.39 is 0 Å². The molecule has 0 bridgehead atoms. The number of halogens is 1. The second kappa shape index (κ2) is 7.10. The fourth-order valence-corrected chi connectivity index (χ4v) is 2.93. The highest BCUT2D eigenvalue weighted by Crippen LogP contribution is 2.22. The van der Waals surface area contributed by atoms with Crippen molar-refractivity contribution in [1.29, 1.82) is 0 Å². The SMILES string of the molecule is CN1CCN(c2cncc(C(=O)Nc3ccccc3Br)c2)CC1. The Balaban J connectivity index is 1.74. The number of amides is 1. The summed E-state index contributed by atoms with van der Waals surface area (Å²) < 4.78 is 0.858. The Hall–Kier alpha value is -1.92. The van der Waals surface area contributed by atoms with Crippen LogP contribution in [0.2, 0.25) is 0 Å². The first kappa shape index (κ1) is 16.0. The number of para-hydroxylation sites is 1. The molecule has 0 saturated carbocycles. The third-order valence-corrected chi connectivity index (χ3v) is 4.67. The first-order valence-electron chi connectivity index (χ1n) is 7.58. The van der Waals surface area contributed by atoms with E-state index in [2.05, 4.69) is 43.1 Å². The molecule has 1 amide bonds. The number of anilines is 2. The zero-order valence-electron chi connectivity index (χ0n) is 13.0. The Labute approximate surface area is 144 Å². The van der Waals surface area contributed by atoms with Crippen LogP contribution in [-0.4, -0.2) is 49.0 Å². The van der Waals surface area contributed by atoms with Crippen molar-refractivity contribution in [3.63, 3.8) is 0 Å². The van der Waals surface area contributed by atoms with Crippen molar-refractivity contribution in [3.05, 3.63) is 52.8 Å². The number of rotatable bonds is 3. The maximum Gasteiger partial charge on any atom is 0.257 e. The van der Waals surface area contributed by atoms with Gasteiger partial charge in [-0.15, -0.1) is 0 Å². The van der Waals surface area contributed by atoms with Gasteiger partial charge in [0.25, 0.3) is 5.91 Å². The molecule has 6 heteroatoms. The number of hydrogen-bond donors (Lipinski definition) is 1. The molecule has 1 aromatic heterocycles. The third kappa shape index (κ3) is 3.89. The van der Waals surface area contributed by atoms with E-state index in [0.717, 1.165) is 42.0 Å². The number of pyridine rings is 1. The number of benzene rings is 1. The topological polar surface area (TPSA) is 48.5 Å². The van der Waals surface area contributed by atoms with Crippen LogP contribution in [0.15, 0.2) is 47.2 Å². The van der Waals surface area contributed by atoms with Gasteiger partial charge in [-0.1, -0.05) is 12.1 Å². The summed E-state index contributed by atoms with van der Waals surface area (Å²) in [4.78, 5) is 21.3. The van der Waals surface area contributed by atoms with Gasteiger partial charge in [0.05, 0.1) is 23.1 Å². The number of piperazine rings is 1. The normalized spacial score (nSPS) is 15.5. The molecule has 0 aliphatic carbocycles. The zero-order valence-corrected chi connectivity index (χ0v) is 14.6. The van der Waals surface area contributed by atoms with E-state index in [4.69, 9.17) is 0 Å². The molecule has 5 nitrogen and oxygen atoms in total. The van der Waals surface area contributed by atoms with Gasteiger partial charge in [0.2, 0.25) is 0 Å². The number of aromatic nitrogens is 1. The van der Waals surface area contributed by atoms with Crippen LogP contribution in [0.4, 0.5) is 11.4 Å². The van der Waals surface area contributed by atoms with Gasteiger partial charge in [0.15, 0.2) is 0 Å². The molecule has 120 valence electrons. The number of nitrogens with zero attached hydrogens (tertiary/aromatic N) is 3. The van der Waals surface area contributed by atoms with Crippen molar-refractivity contribution in [2.75, 3.05) is 43.4 Å². The highest BCUT2D eigenvalue weighted by molar-refractivity contribution is 9.10. The largest absolute Gasteiger partial charge is 0.368 e. The molecule has 1 aliphatic rings. The lowest BCUT2D eigenvalue weighted by Gasteiger charge is -2.33. The standard InChI is InChI=1S/C17H19BrN4O/c1-21-6-8-22(9-7-21)14-10-13(11-19-12-14)17(23)20-16-5-3-2-4-15(16)18/h2-5,10-12H,6-9H2,1H3,(H,20,23). The van der Waals surface area contributed by atoms with Gasteiger partial charge in [0, 0.05) is 36.8 Å². The van der Waals surface area contributed by atoms with Crippen molar-refractivity contribution in [2.45, 2.75) is 0 Å². The van der Waals surface area contributed by atoms with Gasteiger partial charge in [-0.05, 0) is 41.2 Å². The number of carbonyl (C=O) groups excluding carboxylic acids is 1. The fraction of sp³-hybridized carbons (Fsp3) is 0.294. The summed E-state index contributed by atoms with van der Waals surface area (Å²) in [7, 11) is 2.12. The summed E-state index contributed by atoms with van der Waals surface area (Å²) in [5, 5.41) is 2.91. The third-order valence-electron chi connectivity index (χ3n) is 3.98. The van der Waals surface area contributed by atoms with Crippen LogP contribution in [0.3, 0.4) is 0 Å². The van der Waals surface area contributed by atoms with Crippen LogP contribution in [0.1, 0.15) is 10.4 Å². The van der Waals surface area contributed by atoms with Crippen molar-refractivity contribution >= 4 is 33.2 Å². The summed E-state index contributed by atoms with van der Waals surface area (Å²) in [6.45, 7) is 3.95. The Kier molecular flexibility index (Phi) is 4.93. The maximum absolute atomic E-state index is 12.5. The summed E-state index contributed by atoms with van der Waals surface area (Å²) in [5.41, 5.74) is 2.32. The second-order valence-electron chi connectivity index (χ2n) is 5.66. The van der Waals surface area contributed by atoms with Crippen LogP contribution >= 0.6 is 15.9 Å². The Morgan fingerprint density at radius 3 is 2.65 bits per heavy atom. The lowest BCUT2D eigenvalue weighted by atomic mass is 10.2. The minimum atomic E-state index is -0.152. The molecule has 23 heavy (non-hydrogen) atoms. The number of nitrogens with one attached hydrogen (secondary N) is 1. The molecule has 0 atom stereocenters. The molecule has 1 fully saturated rings. The molecule has 3 rings (SSSR count). The van der Waals surface area contributed by atoms with Crippen LogP contribution < -0.4 is 10.2 Å². The molecule has 1 aliphatic heterocycles. The molecular formula is C17H19BrN4O. The monoisotopic (exact) mass is 374 g/mol. The Morgan fingerprint density at radius 1 is 1.17 bits per heavy atom. The minimum absolute atomic E-state index is 0.152. The molecule has 0 radical (unpaired) electrons. The highest BCUT2D eigenvalue weighted by atomic mass is 79.9. The van der Waals surface area contributed by atoms with E-state index in [1.165, 1.54) is 0 Å². The van der Waals surface area contributed by atoms with Crippen LogP contribution in [0.5, 0.6) is 0 Å². The van der Waals surface area contributed by atoms with E-state index in [-0.39, 0.29) is 5.91 Å². The van der Waals surface area contributed by atoms with Crippen molar-refractivity contribution in [1.82, 2.24) is 9.88 Å². The summed E-state index contributed by atoms with van der Waals surface area (Å²) >= 11 is 3.44. The van der Waals surface area contributed by atoms with E-state index in [0.29, 0.717) is 5.56 Å². The van der Waals surface area contributed by atoms with Gasteiger partial charge < -0.3 is 15.1 Å². The van der Waals surface area contributed by atoms with Gasteiger partial charge in [-0.3, -0.25) is 9.78 Å². The zero-order chi connectivity index (χ0) is 16.2. The summed E-state index contributed by atoms with van der Waals surface area (Å²) in [6.07, 6.45) is 3.42. The van der Waals surface area contributed by atoms with E-state index in [1.807, 2.05) is 36.5 Å². The molecule has 0 unspecified atom stereocenters. The van der Waals surface area contributed by atoms with Gasteiger partial charge in [-0.2, -0.15) is 0 Å². The summed E-state index contributed by atoms with van der Waals surface area (Å²) in [5.74, 6) is -0.152. The van der Waals surface area contributed by atoms with Crippen molar-refractivity contribution in [3.8, 4) is 0 Å². The van der Waals surface area contributed by atoms with Gasteiger partial charge >= 0.3 is 0 Å². The molecule has 1 saturated heterocycles.